The van der Waals surface area contributed by atoms with Crippen molar-refractivity contribution in [2.24, 2.45) is 0 Å². The van der Waals surface area contributed by atoms with Gasteiger partial charge in [0.2, 0.25) is 0 Å². The van der Waals surface area contributed by atoms with Crippen LogP contribution in [0.1, 0.15) is 5.56 Å². The van der Waals surface area contributed by atoms with E-state index in [1.807, 2.05) is 24.3 Å². The Kier molecular flexibility index (Phi) is 5.03. The first kappa shape index (κ1) is 16.8. The lowest BCUT2D eigenvalue weighted by Gasteiger charge is -2.08. The first-order chi connectivity index (χ1) is 11.5. The molecule has 0 saturated heterocycles. The lowest BCUT2D eigenvalue weighted by molar-refractivity contribution is 0.603. The number of benzene rings is 1. The number of hydrogen-bond donors (Lipinski definition) is 2. The Morgan fingerprint density at radius 1 is 1.08 bits per heavy atom. The number of nitrogens with zero attached hydrogens (tertiary/aromatic N) is 1. The highest BCUT2D eigenvalue weighted by Gasteiger charge is 2.15. The molecule has 3 aromatic rings. The highest BCUT2D eigenvalue weighted by Crippen LogP contribution is 2.20. The van der Waals surface area contributed by atoms with Crippen molar-refractivity contribution >= 4 is 44.5 Å². The number of halogens is 1. The van der Waals surface area contributed by atoms with Gasteiger partial charge in [-0.3, -0.25) is 4.72 Å². The van der Waals surface area contributed by atoms with Gasteiger partial charge < -0.3 is 5.32 Å². The fraction of sp³-hybridized carbons (Fsp3) is 0.0625. The molecule has 8 heteroatoms. The predicted molar refractivity (Wildman–Crippen MR) is 98.1 cm³/mol. The molecule has 0 spiro atoms. The molecule has 0 aliphatic carbocycles. The number of thiophene rings is 1. The summed E-state index contributed by atoms with van der Waals surface area (Å²) in [6.07, 6.45) is 1.59. The average Bonchev–Trinajstić information content (AvgIpc) is 3.11. The van der Waals surface area contributed by atoms with Crippen LogP contribution in [0, 0.1) is 0 Å². The number of pyridine rings is 1. The molecule has 2 heterocycles. The van der Waals surface area contributed by atoms with E-state index in [2.05, 4.69) is 15.0 Å². The van der Waals surface area contributed by atoms with Gasteiger partial charge in [0, 0.05) is 11.6 Å². The second-order valence-corrected chi connectivity index (χ2v) is 8.24. The molecule has 2 N–H and O–H groups in total. The third kappa shape index (κ3) is 4.25. The fourth-order valence-corrected chi connectivity index (χ4v) is 4.10. The zero-order chi connectivity index (χ0) is 17.0. The van der Waals surface area contributed by atoms with E-state index in [1.165, 1.54) is 0 Å². The zero-order valence-electron chi connectivity index (χ0n) is 12.4. The lowest BCUT2D eigenvalue weighted by Crippen LogP contribution is -2.12. The van der Waals surface area contributed by atoms with Gasteiger partial charge >= 0.3 is 0 Å². The monoisotopic (exact) mass is 379 g/mol. The van der Waals surface area contributed by atoms with E-state index < -0.39 is 10.0 Å². The summed E-state index contributed by atoms with van der Waals surface area (Å²) in [7, 11) is -3.57. The van der Waals surface area contributed by atoms with Gasteiger partial charge in [-0.15, -0.1) is 11.3 Å². The van der Waals surface area contributed by atoms with Gasteiger partial charge in [0.25, 0.3) is 10.0 Å². The van der Waals surface area contributed by atoms with Crippen LogP contribution in [0.5, 0.6) is 0 Å². The van der Waals surface area contributed by atoms with Crippen molar-refractivity contribution in [3.05, 3.63) is 70.7 Å². The van der Waals surface area contributed by atoms with E-state index >= 15 is 0 Å². The minimum atomic E-state index is -3.57. The van der Waals surface area contributed by atoms with Crippen LogP contribution in [0.25, 0.3) is 0 Å². The maximum atomic E-state index is 12.1. The summed E-state index contributed by atoms with van der Waals surface area (Å²) in [5.41, 5.74) is 1.88. The van der Waals surface area contributed by atoms with Crippen LogP contribution in [0.4, 0.5) is 11.5 Å². The predicted octanol–water partition coefficient (Wildman–Crippen LogP) is 4.21. The van der Waals surface area contributed by atoms with E-state index in [0.29, 0.717) is 11.6 Å². The molecule has 0 aliphatic heterocycles. The number of rotatable bonds is 6. The van der Waals surface area contributed by atoms with Crippen LogP contribution in [0.2, 0.25) is 5.02 Å². The first-order valence-corrected chi connectivity index (χ1v) is 9.78. The second-order valence-electron chi connectivity index (χ2n) is 4.95. The van der Waals surface area contributed by atoms with Crippen molar-refractivity contribution in [2.45, 2.75) is 10.8 Å². The highest BCUT2D eigenvalue weighted by atomic mass is 35.5. The molecule has 0 saturated carbocycles. The largest absolute Gasteiger partial charge is 0.380 e. The molecular weight excluding hydrogens is 366 g/mol. The topological polar surface area (TPSA) is 71.1 Å². The minimum absolute atomic E-state index is 0.259. The van der Waals surface area contributed by atoms with Crippen LogP contribution in [-0.2, 0) is 16.6 Å². The van der Waals surface area contributed by atoms with Crippen LogP contribution in [0.3, 0.4) is 0 Å². The van der Waals surface area contributed by atoms with E-state index in [4.69, 9.17) is 11.6 Å². The number of aromatic nitrogens is 1. The molecule has 0 atom stereocenters. The molecule has 0 aliphatic rings. The summed E-state index contributed by atoms with van der Waals surface area (Å²) in [6.45, 7) is 0.624. The maximum Gasteiger partial charge on any atom is 0.272 e. The van der Waals surface area contributed by atoms with E-state index in [-0.39, 0.29) is 10.0 Å². The smallest absolute Gasteiger partial charge is 0.272 e. The quantitative estimate of drug-likeness (QED) is 0.673. The van der Waals surface area contributed by atoms with Gasteiger partial charge in [-0.1, -0.05) is 29.8 Å². The SMILES string of the molecule is O=S(=O)(Nc1ccc(NCc2ccc(Cl)cc2)cn1)c1cccs1. The van der Waals surface area contributed by atoms with Gasteiger partial charge in [0.05, 0.1) is 11.9 Å². The molecule has 3 rings (SSSR count). The van der Waals surface area contributed by atoms with Crippen LogP contribution in [-0.4, -0.2) is 13.4 Å². The third-order valence-electron chi connectivity index (χ3n) is 3.17. The normalized spacial score (nSPS) is 11.2. The van der Waals surface area contributed by atoms with Gasteiger partial charge in [0.15, 0.2) is 0 Å². The number of sulfonamides is 1. The van der Waals surface area contributed by atoms with Crippen molar-refractivity contribution in [3.63, 3.8) is 0 Å². The maximum absolute atomic E-state index is 12.1. The summed E-state index contributed by atoms with van der Waals surface area (Å²) in [6, 6.07) is 14.2. The van der Waals surface area contributed by atoms with E-state index in [0.717, 1.165) is 22.6 Å². The summed E-state index contributed by atoms with van der Waals surface area (Å²) in [5.74, 6) is 0.278. The molecule has 5 nitrogen and oxygen atoms in total. The van der Waals surface area contributed by atoms with Crippen molar-refractivity contribution in [2.75, 3.05) is 10.0 Å². The summed E-state index contributed by atoms with van der Waals surface area (Å²) in [5, 5.41) is 5.63. The number of nitrogens with one attached hydrogen (secondary N) is 2. The van der Waals surface area contributed by atoms with E-state index in [1.54, 1.807) is 35.8 Å². The molecule has 0 radical (unpaired) electrons. The summed E-state index contributed by atoms with van der Waals surface area (Å²) < 4.78 is 27.0. The summed E-state index contributed by atoms with van der Waals surface area (Å²) in [4.78, 5) is 4.13. The molecule has 0 amide bonds. The molecule has 0 bridgehead atoms. The van der Waals surface area contributed by atoms with Crippen LogP contribution in [0.15, 0.2) is 64.3 Å². The van der Waals surface area contributed by atoms with Gasteiger partial charge in [-0.25, -0.2) is 13.4 Å². The highest BCUT2D eigenvalue weighted by molar-refractivity contribution is 7.94. The summed E-state index contributed by atoms with van der Waals surface area (Å²) >= 11 is 7.01. The lowest BCUT2D eigenvalue weighted by atomic mass is 10.2. The van der Waals surface area contributed by atoms with Crippen molar-refractivity contribution < 1.29 is 8.42 Å². The Bertz CT molecular complexity index is 894. The van der Waals surface area contributed by atoms with Crippen molar-refractivity contribution in [3.8, 4) is 0 Å². The third-order valence-corrected chi connectivity index (χ3v) is 6.18. The number of anilines is 2. The van der Waals surface area contributed by atoms with Crippen LogP contribution < -0.4 is 10.0 Å². The number of hydrogen-bond acceptors (Lipinski definition) is 5. The molecule has 124 valence electrons. The van der Waals surface area contributed by atoms with E-state index in [9.17, 15) is 8.42 Å². The standard InChI is InChI=1S/C16H14ClN3O2S2/c17-13-5-3-12(4-6-13)10-18-14-7-8-15(19-11-14)20-24(21,22)16-2-1-9-23-16/h1-9,11,18H,10H2,(H,19,20). The molecule has 24 heavy (non-hydrogen) atoms. The van der Waals surface area contributed by atoms with Gasteiger partial charge in [-0.05, 0) is 41.3 Å². The average molecular weight is 380 g/mol. The molecule has 0 fully saturated rings. The first-order valence-electron chi connectivity index (χ1n) is 7.04. The molecule has 1 aromatic carbocycles. The Morgan fingerprint density at radius 2 is 1.88 bits per heavy atom. The molecule has 0 unspecified atom stereocenters. The van der Waals surface area contributed by atoms with Gasteiger partial charge in [-0.2, -0.15) is 0 Å². The van der Waals surface area contributed by atoms with Gasteiger partial charge in [0.1, 0.15) is 10.0 Å². The minimum Gasteiger partial charge on any atom is -0.380 e. The fourth-order valence-electron chi connectivity index (χ4n) is 1.97. The molecular formula is C16H14ClN3O2S2. The Morgan fingerprint density at radius 3 is 2.50 bits per heavy atom. The Hall–Kier alpha value is -2.09. The second kappa shape index (κ2) is 7.21. The van der Waals surface area contributed by atoms with Crippen molar-refractivity contribution in [1.29, 1.82) is 0 Å². The molecule has 2 aromatic heterocycles. The Balaban J connectivity index is 1.62. The van der Waals surface area contributed by atoms with Crippen molar-refractivity contribution in [1.82, 2.24) is 4.98 Å². The Labute approximate surface area is 149 Å². The zero-order valence-corrected chi connectivity index (χ0v) is 14.8. The van der Waals surface area contributed by atoms with Crippen LogP contribution >= 0.6 is 22.9 Å².